The van der Waals surface area contributed by atoms with Crippen LogP contribution in [-0.2, 0) is 4.74 Å². The number of ether oxygens (including phenoxy) is 1. The summed E-state index contributed by atoms with van der Waals surface area (Å²) in [5, 5.41) is 0. The van der Waals surface area contributed by atoms with E-state index < -0.39 is 5.60 Å². The summed E-state index contributed by atoms with van der Waals surface area (Å²) in [5.41, 5.74) is 5.45. The third-order valence-corrected chi connectivity index (χ3v) is 3.27. The fourth-order valence-corrected chi connectivity index (χ4v) is 2.66. The van der Waals surface area contributed by atoms with Gasteiger partial charge in [0.15, 0.2) is 0 Å². The summed E-state index contributed by atoms with van der Waals surface area (Å²) in [7, 11) is 0. The monoisotopic (exact) mass is 241 g/mol. The topological polar surface area (TPSA) is 58.8 Å². The quantitative estimate of drug-likeness (QED) is 0.765. The van der Waals surface area contributed by atoms with Gasteiger partial charge in [-0.1, -0.05) is 0 Å². The van der Waals surface area contributed by atoms with Crippen LogP contribution in [0.1, 0.15) is 20.8 Å². The Morgan fingerprint density at radius 2 is 1.88 bits per heavy atom. The Kier molecular flexibility index (Phi) is 3.08. The molecule has 0 bridgehead atoms. The molecule has 2 fully saturated rings. The first-order valence-corrected chi connectivity index (χ1v) is 6.24. The summed E-state index contributed by atoms with van der Waals surface area (Å²) in [6.07, 6.45) is -0.180. The highest BCUT2D eigenvalue weighted by Crippen LogP contribution is 2.39. The van der Waals surface area contributed by atoms with Crippen molar-refractivity contribution in [3.63, 3.8) is 0 Å². The number of hydrogen-bond acceptors (Lipinski definition) is 4. The molecular weight excluding hydrogens is 218 g/mol. The van der Waals surface area contributed by atoms with Gasteiger partial charge in [-0.05, 0) is 20.8 Å². The smallest absolute Gasteiger partial charge is 0.410 e. The number of rotatable bonds is 2. The minimum absolute atomic E-state index is 0.180. The third kappa shape index (κ3) is 2.72. The molecule has 2 aliphatic rings. The second kappa shape index (κ2) is 4.14. The molecule has 0 radical (unpaired) electrons. The van der Waals surface area contributed by atoms with Crippen LogP contribution < -0.4 is 5.73 Å². The SMILES string of the molecule is CC(C)(C)OC(=O)N1CC2(CN(CCN)C2)C1. The standard InChI is InChI=1S/C12H23N3O2/c1-11(2,3)17-10(16)15-8-12(9-15)6-14(7-12)5-4-13/h4-9,13H2,1-3H3. The van der Waals surface area contributed by atoms with E-state index in [1.807, 2.05) is 20.8 Å². The summed E-state index contributed by atoms with van der Waals surface area (Å²) < 4.78 is 5.33. The molecule has 1 amide bonds. The highest BCUT2D eigenvalue weighted by molar-refractivity contribution is 5.69. The summed E-state index contributed by atoms with van der Waals surface area (Å²) >= 11 is 0. The molecule has 17 heavy (non-hydrogen) atoms. The Hall–Kier alpha value is -0.810. The second-order valence-corrected chi connectivity index (χ2v) is 6.34. The predicted octanol–water partition coefficient (Wildman–Crippen LogP) is 0.498. The lowest BCUT2D eigenvalue weighted by Gasteiger charge is -2.60. The molecule has 0 atom stereocenters. The number of carbonyl (C=O) groups is 1. The lowest BCUT2D eigenvalue weighted by atomic mass is 9.73. The van der Waals surface area contributed by atoms with E-state index in [-0.39, 0.29) is 6.09 Å². The Balaban J connectivity index is 1.71. The van der Waals surface area contributed by atoms with Gasteiger partial charge in [-0.25, -0.2) is 4.79 Å². The molecule has 2 heterocycles. The average Bonchev–Trinajstić information content (AvgIpc) is 2.03. The van der Waals surface area contributed by atoms with Gasteiger partial charge in [-0.2, -0.15) is 0 Å². The first-order chi connectivity index (χ1) is 7.84. The van der Waals surface area contributed by atoms with Gasteiger partial charge in [-0.15, -0.1) is 0 Å². The zero-order valence-electron chi connectivity index (χ0n) is 11.0. The van der Waals surface area contributed by atoms with Crippen molar-refractivity contribution in [2.45, 2.75) is 26.4 Å². The Morgan fingerprint density at radius 1 is 1.29 bits per heavy atom. The van der Waals surface area contributed by atoms with Crippen molar-refractivity contribution in [2.75, 3.05) is 39.3 Å². The van der Waals surface area contributed by atoms with E-state index in [0.717, 1.165) is 32.7 Å². The fourth-order valence-electron chi connectivity index (χ4n) is 2.66. The number of nitrogens with zero attached hydrogens (tertiary/aromatic N) is 2. The molecule has 1 spiro atoms. The number of hydrogen-bond donors (Lipinski definition) is 1. The lowest BCUT2D eigenvalue weighted by molar-refractivity contribution is -0.111. The van der Waals surface area contributed by atoms with Crippen LogP contribution in [0.4, 0.5) is 4.79 Å². The largest absolute Gasteiger partial charge is 0.444 e. The predicted molar refractivity (Wildman–Crippen MR) is 65.7 cm³/mol. The van der Waals surface area contributed by atoms with Crippen LogP contribution in [0, 0.1) is 5.41 Å². The minimum Gasteiger partial charge on any atom is -0.444 e. The first-order valence-electron chi connectivity index (χ1n) is 6.24. The van der Waals surface area contributed by atoms with E-state index in [1.54, 1.807) is 4.90 Å². The van der Waals surface area contributed by atoms with Crippen molar-refractivity contribution in [3.05, 3.63) is 0 Å². The van der Waals surface area contributed by atoms with E-state index in [2.05, 4.69) is 4.90 Å². The molecule has 0 aromatic heterocycles. The third-order valence-electron chi connectivity index (χ3n) is 3.27. The highest BCUT2D eigenvalue weighted by Gasteiger charge is 2.53. The molecule has 98 valence electrons. The molecule has 5 heteroatoms. The van der Waals surface area contributed by atoms with Gasteiger partial charge in [0.05, 0.1) is 0 Å². The summed E-state index contributed by atoms with van der Waals surface area (Å²) in [6.45, 7) is 11.2. The van der Waals surface area contributed by atoms with Crippen LogP contribution in [-0.4, -0.2) is 60.8 Å². The molecule has 0 aromatic rings. The van der Waals surface area contributed by atoms with Gasteiger partial charge in [0.2, 0.25) is 0 Å². The second-order valence-electron chi connectivity index (χ2n) is 6.34. The molecule has 0 saturated carbocycles. The van der Waals surface area contributed by atoms with Gasteiger partial charge in [0.1, 0.15) is 5.60 Å². The van der Waals surface area contributed by atoms with Crippen molar-refractivity contribution in [1.82, 2.24) is 9.80 Å². The molecule has 5 nitrogen and oxygen atoms in total. The van der Waals surface area contributed by atoms with Crippen molar-refractivity contribution in [3.8, 4) is 0 Å². The minimum atomic E-state index is -0.398. The Bertz CT molecular complexity index is 297. The lowest BCUT2D eigenvalue weighted by Crippen LogP contribution is -2.73. The van der Waals surface area contributed by atoms with Gasteiger partial charge in [0.25, 0.3) is 0 Å². The van der Waals surface area contributed by atoms with Crippen LogP contribution in [0.25, 0.3) is 0 Å². The molecule has 2 saturated heterocycles. The van der Waals surface area contributed by atoms with E-state index in [4.69, 9.17) is 10.5 Å². The summed E-state index contributed by atoms with van der Waals surface area (Å²) in [6, 6.07) is 0. The van der Waals surface area contributed by atoms with E-state index in [9.17, 15) is 4.79 Å². The van der Waals surface area contributed by atoms with Gasteiger partial charge >= 0.3 is 6.09 Å². The Morgan fingerprint density at radius 3 is 2.35 bits per heavy atom. The van der Waals surface area contributed by atoms with Crippen molar-refractivity contribution in [1.29, 1.82) is 0 Å². The van der Waals surface area contributed by atoms with Gasteiger partial charge in [0, 0.05) is 44.7 Å². The zero-order chi connectivity index (χ0) is 12.7. The number of likely N-dealkylation sites (tertiary alicyclic amines) is 2. The van der Waals surface area contributed by atoms with Gasteiger partial charge in [-0.3, -0.25) is 0 Å². The maximum absolute atomic E-state index is 11.7. The number of carbonyl (C=O) groups excluding carboxylic acids is 1. The maximum atomic E-state index is 11.7. The van der Waals surface area contributed by atoms with E-state index in [0.29, 0.717) is 12.0 Å². The van der Waals surface area contributed by atoms with E-state index in [1.165, 1.54) is 0 Å². The van der Waals surface area contributed by atoms with Crippen LogP contribution in [0.3, 0.4) is 0 Å². The van der Waals surface area contributed by atoms with Crippen LogP contribution in [0.15, 0.2) is 0 Å². The molecule has 0 aromatic carbocycles. The van der Waals surface area contributed by atoms with Crippen molar-refractivity contribution < 1.29 is 9.53 Å². The summed E-state index contributed by atoms with van der Waals surface area (Å²) in [4.78, 5) is 15.9. The molecule has 2 rings (SSSR count). The molecule has 2 aliphatic heterocycles. The molecule has 2 N–H and O–H groups in total. The zero-order valence-corrected chi connectivity index (χ0v) is 11.0. The molecule has 0 aliphatic carbocycles. The van der Waals surface area contributed by atoms with Crippen LogP contribution in [0.5, 0.6) is 0 Å². The average molecular weight is 241 g/mol. The van der Waals surface area contributed by atoms with E-state index >= 15 is 0 Å². The molecular formula is C12H23N3O2. The van der Waals surface area contributed by atoms with Gasteiger partial charge < -0.3 is 20.3 Å². The first kappa shape index (κ1) is 12.6. The number of nitrogens with two attached hydrogens (primary N) is 1. The summed E-state index contributed by atoms with van der Waals surface area (Å²) in [5.74, 6) is 0. The number of amides is 1. The van der Waals surface area contributed by atoms with Crippen LogP contribution >= 0.6 is 0 Å². The van der Waals surface area contributed by atoms with Crippen LogP contribution in [0.2, 0.25) is 0 Å². The Labute approximate surface area is 103 Å². The van der Waals surface area contributed by atoms with Crippen molar-refractivity contribution in [2.24, 2.45) is 11.1 Å². The maximum Gasteiger partial charge on any atom is 0.410 e. The normalized spacial score (nSPS) is 23.2. The fraction of sp³-hybridized carbons (Fsp3) is 0.917. The van der Waals surface area contributed by atoms with Crippen molar-refractivity contribution >= 4 is 6.09 Å². The molecule has 0 unspecified atom stereocenters. The highest BCUT2D eigenvalue weighted by atomic mass is 16.6.